The Morgan fingerprint density at radius 2 is 1.96 bits per heavy atom. The van der Waals surface area contributed by atoms with Gasteiger partial charge in [0.15, 0.2) is 0 Å². The van der Waals surface area contributed by atoms with E-state index in [2.05, 4.69) is 5.32 Å². The molecule has 1 aliphatic heterocycles. The molecule has 0 unspecified atom stereocenters. The normalized spacial score (nSPS) is 16.6. The van der Waals surface area contributed by atoms with Crippen molar-refractivity contribution in [2.75, 3.05) is 13.7 Å². The van der Waals surface area contributed by atoms with Crippen LogP contribution in [0.1, 0.15) is 16.7 Å². The van der Waals surface area contributed by atoms with Crippen LogP contribution in [-0.2, 0) is 33.8 Å². The first-order valence-corrected chi connectivity index (χ1v) is 8.84. The zero-order chi connectivity index (χ0) is 18.5. The van der Waals surface area contributed by atoms with Gasteiger partial charge in [0.25, 0.3) is 0 Å². The van der Waals surface area contributed by atoms with Crippen LogP contribution in [0.4, 0.5) is 0 Å². The molecule has 136 valence electrons. The highest BCUT2D eigenvalue weighted by atomic mass is 35.5. The molecule has 0 radical (unpaired) electrons. The molecule has 1 atom stereocenters. The Hall–Kier alpha value is -2.37. The molecule has 0 fully saturated rings. The zero-order valence-corrected chi connectivity index (χ0v) is 15.3. The number of amides is 1. The third kappa shape index (κ3) is 4.42. The third-order valence-corrected chi connectivity index (χ3v) is 4.78. The summed E-state index contributed by atoms with van der Waals surface area (Å²) in [4.78, 5) is 26.4. The van der Waals surface area contributed by atoms with Crippen molar-refractivity contribution in [3.63, 3.8) is 0 Å². The van der Waals surface area contributed by atoms with Gasteiger partial charge in [0.05, 0.1) is 13.7 Å². The van der Waals surface area contributed by atoms with Crippen molar-refractivity contribution in [2.24, 2.45) is 0 Å². The summed E-state index contributed by atoms with van der Waals surface area (Å²) in [5.41, 5.74) is 3.19. The summed E-state index contributed by atoms with van der Waals surface area (Å²) in [7, 11) is 1.38. The van der Waals surface area contributed by atoms with Gasteiger partial charge < -0.3 is 10.1 Å². The molecule has 2 aromatic rings. The van der Waals surface area contributed by atoms with E-state index in [1.807, 2.05) is 47.4 Å². The largest absolute Gasteiger partial charge is 0.468 e. The van der Waals surface area contributed by atoms with Crippen molar-refractivity contribution >= 4 is 23.5 Å². The molecule has 1 amide bonds. The molecule has 5 nitrogen and oxygen atoms in total. The first-order valence-electron chi connectivity index (χ1n) is 8.46. The fraction of sp³-hybridized carbons (Fsp3) is 0.300. The molecule has 0 bridgehead atoms. The van der Waals surface area contributed by atoms with E-state index in [1.54, 1.807) is 6.07 Å². The van der Waals surface area contributed by atoms with Gasteiger partial charge in [-0.15, -0.1) is 0 Å². The average Bonchev–Trinajstić information content (AvgIpc) is 2.65. The standard InChI is InChI=1S/C20H21ClN2O3/c1-26-20(25)18-10-15-6-2-3-7-16(15)12-23(18)13-19(24)22-11-14-5-4-8-17(21)9-14/h2-9,18H,10-13H2,1H3,(H,22,24)/t18-/m0/s1. The van der Waals surface area contributed by atoms with Gasteiger partial charge in [-0.1, -0.05) is 48.0 Å². The van der Waals surface area contributed by atoms with E-state index >= 15 is 0 Å². The fourth-order valence-corrected chi connectivity index (χ4v) is 3.41. The van der Waals surface area contributed by atoms with Crippen molar-refractivity contribution in [3.05, 3.63) is 70.2 Å². The number of hydrogen-bond donors (Lipinski definition) is 1. The maximum absolute atomic E-state index is 12.4. The number of carbonyl (C=O) groups is 2. The monoisotopic (exact) mass is 372 g/mol. The molecular formula is C20H21ClN2O3. The van der Waals surface area contributed by atoms with Gasteiger partial charge >= 0.3 is 5.97 Å². The van der Waals surface area contributed by atoms with E-state index in [1.165, 1.54) is 7.11 Å². The number of fused-ring (bicyclic) bond motifs is 1. The van der Waals surface area contributed by atoms with Crippen LogP contribution in [0.2, 0.25) is 5.02 Å². The van der Waals surface area contributed by atoms with E-state index in [9.17, 15) is 9.59 Å². The highest BCUT2D eigenvalue weighted by Gasteiger charge is 2.33. The summed E-state index contributed by atoms with van der Waals surface area (Å²) in [6.45, 7) is 1.07. The molecular weight excluding hydrogens is 352 g/mol. The lowest BCUT2D eigenvalue weighted by Gasteiger charge is -2.34. The molecule has 6 heteroatoms. The number of methoxy groups -OCH3 is 1. The molecule has 1 N–H and O–H groups in total. The number of halogens is 1. The quantitative estimate of drug-likeness (QED) is 0.819. The molecule has 0 spiro atoms. The van der Waals surface area contributed by atoms with Crippen molar-refractivity contribution in [3.8, 4) is 0 Å². The number of nitrogens with zero attached hydrogens (tertiary/aromatic N) is 1. The Kier molecular flexibility index (Phi) is 5.91. The molecule has 26 heavy (non-hydrogen) atoms. The van der Waals surface area contributed by atoms with Gasteiger partial charge in [0.1, 0.15) is 6.04 Å². The van der Waals surface area contributed by atoms with Crippen LogP contribution < -0.4 is 5.32 Å². The maximum atomic E-state index is 12.4. The van der Waals surface area contributed by atoms with Gasteiger partial charge in [-0.05, 0) is 35.2 Å². The van der Waals surface area contributed by atoms with Gasteiger partial charge in [0, 0.05) is 18.1 Å². The smallest absolute Gasteiger partial charge is 0.323 e. The number of esters is 1. The molecule has 0 aliphatic carbocycles. The Bertz CT molecular complexity index is 809. The number of rotatable bonds is 5. The van der Waals surface area contributed by atoms with Gasteiger partial charge in [-0.2, -0.15) is 0 Å². The molecule has 0 saturated heterocycles. The summed E-state index contributed by atoms with van der Waals surface area (Å²) in [6, 6.07) is 14.9. The summed E-state index contributed by atoms with van der Waals surface area (Å²) in [5, 5.41) is 3.52. The first kappa shape index (κ1) is 18.4. The molecule has 0 saturated carbocycles. The molecule has 3 rings (SSSR count). The van der Waals surface area contributed by atoms with E-state index < -0.39 is 6.04 Å². The molecule has 2 aromatic carbocycles. The van der Waals surface area contributed by atoms with Crippen molar-refractivity contribution < 1.29 is 14.3 Å². The van der Waals surface area contributed by atoms with Crippen LogP contribution in [0.15, 0.2) is 48.5 Å². The number of nitrogens with one attached hydrogen (secondary N) is 1. The topological polar surface area (TPSA) is 58.6 Å². The number of ether oxygens (including phenoxy) is 1. The van der Waals surface area contributed by atoms with Crippen molar-refractivity contribution in [2.45, 2.75) is 25.6 Å². The summed E-state index contributed by atoms with van der Waals surface area (Å²) < 4.78 is 4.93. The van der Waals surface area contributed by atoms with Crippen molar-refractivity contribution in [1.29, 1.82) is 0 Å². The third-order valence-electron chi connectivity index (χ3n) is 4.54. The molecule has 1 aliphatic rings. The highest BCUT2D eigenvalue weighted by Crippen LogP contribution is 2.23. The van der Waals surface area contributed by atoms with Crippen LogP contribution in [-0.4, -0.2) is 36.5 Å². The lowest BCUT2D eigenvalue weighted by molar-refractivity contribution is -0.148. The molecule has 1 heterocycles. The number of hydrogen-bond acceptors (Lipinski definition) is 4. The predicted octanol–water partition coefficient (Wildman–Crippen LogP) is 2.56. The van der Waals surface area contributed by atoms with E-state index in [0.717, 1.165) is 16.7 Å². The van der Waals surface area contributed by atoms with E-state index in [4.69, 9.17) is 16.3 Å². The van der Waals surface area contributed by atoms with E-state index in [0.29, 0.717) is 24.5 Å². The predicted molar refractivity (Wildman–Crippen MR) is 99.7 cm³/mol. The van der Waals surface area contributed by atoms with Crippen LogP contribution in [0.5, 0.6) is 0 Å². The maximum Gasteiger partial charge on any atom is 0.323 e. The highest BCUT2D eigenvalue weighted by molar-refractivity contribution is 6.30. The van der Waals surface area contributed by atoms with Gasteiger partial charge in [0.2, 0.25) is 5.91 Å². The minimum absolute atomic E-state index is 0.134. The Labute approximate surface area is 157 Å². The first-order chi connectivity index (χ1) is 12.6. The molecule has 0 aromatic heterocycles. The van der Waals surface area contributed by atoms with Crippen LogP contribution in [0.25, 0.3) is 0 Å². The summed E-state index contributed by atoms with van der Waals surface area (Å²) in [6.07, 6.45) is 0.546. The Morgan fingerprint density at radius 3 is 2.69 bits per heavy atom. The Morgan fingerprint density at radius 1 is 1.19 bits per heavy atom. The minimum Gasteiger partial charge on any atom is -0.468 e. The lowest BCUT2D eigenvalue weighted by Crippen LogP contribution is -2.49. The SMILES string of the molecule is COC(=O)[C@@H]1Cc2ccccc2CN1CC(=O)NCc1cccc(Cl)c1. The average molecular weight is 373 g/mol. The number of carbonyl (C=O) groups excluding carboxylic acids is 2. The van der Waals surface area contributed by atoms with Crippen LogP contribution >= 0.6 is 11.6 Å². The second-order valence-corrected chi connectivity index (χ2v) is 6.76. The minimum atomic E-state index is -0.452. The van der Waals surface area contributed by atoms with Crippen LogP contribution in [0.3, 0.4) is 0 Å². The fourth-order valence-electron chi connectivity index (χ4n) is 3.20. The van der Waals surface area contributed by atoms with Crippen LogP contribution in [0, 0.1) is 0 Å². The lowest BCUT2D eigenvalue weighted by atomic mass is 9.94. The zero-order valence-electron chi connectivity index (χ0n) is 14.6. The number of benzene rings is 2. The van der Waals surface area contributed by atoms with Gasteiger partial charge in [-0.3, -0.25) is 14.5 Å². The summed E-state index contributed by atoms with van der Waals surface area (Å²) >= 11 is 5.96. The Balaban J connectivity index is 1.66. The van der Waals surface area contributed by atoms with Gasteiger partial charge in [-0.25, -0.2) is 0 Å². The summed E-state index contributed by atoms with van der Waals surface area (Å²) in [5.74, 6) is -0.458. The second-order valence-electron chi connectivity index (χ2n) is 6.32. The second kappa shape index (κ2) is 8.34. The van der Waals surface area contributed by atoms with Crippen molar-refractivity contribution in [1.82, 2.24) is 10.2 Å². The van der Waals surface area contributed by atoms with E-state index in [-0.39, 0.29) is 18.4 Å².